The minimum Gasteiger partial charge on any atom is -0.383 e. The van der Waals surface area contributed by atoms with Crippen LogP contribution in [0.4, 0.5) is 5.82 Å². The lowest BCUT2D eigenvalue weighted by Gasteiger charge is -2.23. The van der Waals surface area contributed by atoms with Crippen molar-refractivity contribution in [3.05, 3.63) is 41.1 Å². The molecule has 1 heterocycles. The lowest BCUT2D eigenvalue weighted by Crippen LogP contribution is -2.42. The highest BCUT2D eigenvalue weighted by molar-refractivity contribution is 5.94. The van der Waals surface area contributed by atoms with E-state index in [-0.39, 0.29) is 29.7 Å². The molecule has 0 radical (unpaired) electrons. The average Bonchev–Trinajstić information content (AvgIpc) is 3.08. The molecule has 1 aromatic heterocycles. The van der Waals surface area contributed by atoms with Gasteiger partial charge in [0.1, 0.15) is 5.82 Å². The predicted octanol–water partition coefficient (Wildman–Crippen LogP) is 3.86. The van der Waals surface area contributed by atoms with Crippen LogP contribution in [0.25, 0.3) is 5.69 Å². The largest absolute Gasteiger partial charge is 0.383 e. The van der Waals surface area contributed by atoms with E-state index in [1.54, 1.807) is 11.8 Å². The maximum absolute atomic E-state index is 12.9. The van der Waals surface area contributed by atoms with E-state index < -0.39 is 0 Å². The minimum absolute atomic E-state index is 0.0384. The number of aromatic nitrogens is 2. The maximum Gasteiger partial charge on any atom is 0.245 e. The van der Waals surface area contributed by atoms with Crippen molar-refractivity contribution in [2.45, 2.75) is 53.9 Å². The molecule has 0 aliphatic carbocycles. The summed E-state index contributed by atoms with van der Waals surface area (Å²) in [7, 11) is 1.58. The monoisotopic (exact) mass is 428 g/mol. The van der Waals surface area contributed by atoms with Crippen LogP contribution in [0.1, 0.15) is 51.4 Å². The number of carbonyl (C=O) groups is 2. The van der Waals surface area contributed by atoms with Crippen molar-refractivity contribution >= 4 is 17.6 Å². The highest BCUT2D eigenvalue weighted by atomic mass is 16.5. The third-order valence-corrected chi connectivity index (χ3v) is 5.03. The van der Waals surface area contributed by atoms with Gasteiger partial charge < -0.3 is 15.0 Å². The molecule has 0 saturated heterocycles. The molecule has 0 bridgehead atoms. The van der Waals surface area contributed by atoms with Gasteiger partial charge in [0.25, 0.3) is 0 Å². The Morgan fingerprint density at radius 3 is 2.42 bits per heavy atom. The number of hydrogen-bond acceptors (Lipinski definition) is 4. The fourth-order valence-corrected chi connectivity index (χ4v) is 3.25. The molecule has 0 aliphatic rings. The van der Waals surface area contributed by atoms with E-state index in [0.29, 0.717) is 19.0 Å². The van der Waals surface area contributed by atoms with Gasteiger partial charge in [0.2, 0.25) is 11.8 Å². The number of aryl methyl sites for hydroxylation is 2. The Kier molecular flexibility index (Phi) is 8.01. The number of nitrogens with one attached hydrogen (secondary N) is 1. The molecule has 0 saturated carbocycles. The lowest BCUT2D eigenvalue weighted by atomic mass is 9.92. The van der Waals surface area contributed by atoms with Gasteiger partial charge in [0.15, 0.2) is 0 Å². The fraction of sp³-hybridized carbons (Fsp3) is 0.542. The predicted molar refractivity (Wildman–Crippen MR) is 124 cm³/mol. The van der Waals surface area contributed by atoms with Gasteiger partial charge in [-0.2, -0.15) is 5.10 Å². The molecule has 170 valence electrons. The SMILES string of the molecule is COCCN(CC(=O)Nc1cc(C(C)(C)C)nn1-c1ccc(C)cc1C)C(=O)C(C)C. The second-order valence-corrected chi connectivity index (χ2v) is 9.32. The Labute approximate surface area is 185 Å². The Morgan fingerprint density at radius 1 is 1.19 bits per heavy atom. The molecule has 7 heteroatoms. The molecular formula is C24H36N4O3. The molecule has 2 rings (SSSR count). The van der Waals surface area contributed by atoms with Crippen molar-refractivity contribution in [1.29, 1.82) is 0 Å². The summed E-state index contributed by atoms with van der Waals surface area (Å²) in [6, 6.07) is 8.03. The molecular weight excluding hydrogens is 392 g/mol. The summed E-state index contributed by atoms with van der Waals surface area (Å²) in [5.74, 6) is 0.0467. The van der Waals surface area contributed by atoms with Crippen molar-refractivity contribution < 1.29 is 14.3 Å². The van der Waals surface area contributed by atoms with Crippen molar-refractivity contribution in [2.24, 2.45) is 5.92 Å². The van der Waals surface area contributed by atoms with Crippen molar-refractivity contribution in [2.75, 3.05) is 32.1 Å². The van der Waals surface area contributed by atoms with Crippen LogP contribution >= 0.6 is 0 Å². The van der Waals surface area contributed by atoms with Crippen LogP contribution in [0.15, 0.2) is 24.3 Å². The number of benzene rings is 1. The van der Waals surface area contributed by atoms with E-state index in [1.807, 2.05) is 45.9 Å². The van der Waals surface area contributed by atoms with E-state index >= 15 is 0 Å². The molecule has 0 atom stereocenters. The first-order valence-corrected chi connectivity index (χ1v) is 10.7. The Balaban J connectivity index is 2.35. The number of rotatable bonds is 8. The van der Waals surface area contributed by atoms with Gasteiger partial charge in [-0.05, 0) is 25.5 Å². The minimum atomic E-state index is -0.267. The summed E-state index contributed by atoms with van der Waals surface area (Å²) in [5, 5.41) is 7.76. The number of amides is 2. The number of methoxy groups -OCH3 is 1. The van der Waals surface area contributed by atoms with Gasteiger partial charge in [0.05, 0.1) is 24.5 Å². The van der Waals surface area contributed by atoms with E-state index in [0.717, 1.165) is 22.5 Å². The lowest BCUT2D eigenvalue weighted by molar-refractivity contribution is -0.138. The normalized spacial score (nSPS) is 11.6. The number of ether oxygens (including phenoxy) is 1. The molecule has 0 fully saturated rings. The molecule has 2 aromatic rings. The van der Waals surface area contributed by atoms with E-state index in [9.17, 15) is 9.59 Å². The number of nitrogens with zero attached hydrogens (tertiary/aromatic N) is 3. The molecule has 1 N–H and O–H groups in total. The summed E-state index contributed by atoms with van der Waals surface area (Å²) >= 11 is 0. The Hall–Kier alpha value is -2.67. The van der Waals surface area contributed by atoms with Crippen LogP contribution in [0.2, 0.25) is 0 Å². The van der Waals surface area contributed by atoms with Gasteiger partial charge in [-0.1, -0.05) is 52.3 Å². The van der Waals surface area contributed by atoms with Crippen molar-refractivity contribution in [3.63, 3.8) is 0 Å². The summed E-state index contributed by atoms with van der Waals surface area (Å²) in [6.07, 6.45) is 0. The Bertz CT molecular complexity index is 925. The number of anilines is 1. The first-order chi connectivity index (χ1) is 14.4. The molecule has 0 unspecified atom stereocenters. The van der Waals surface area contributed by atoms with Gasteiger partial charge in [-0.3, -0.25) is 9.59 Å². The smallest absolute Gasteiger partial charge is 0.245 e. The molecule has 1 aromatic carbocycles. The van der Waals surface area contributed by atoms with Crippen LogP contribution in [0, 0.1) is 19.8 Å². The second-order valence-electron chi connectivity index (χ2n) is 9.32. The quantitative estimate of drug-likeness (QED) is 0.693. The average molecular weight is 429 g/mol. The van der Waals surface area contributed by atoms with Gasteiger partial charge in [0, 0.05) is 31.1 Å². The Morgan fingerprint density at radius 2 is 1.87 bits per heavy atom. The second kappa shape index (κ2) is 10.1. The molecule has 7 nitrogen and oxygen atoms in total. The molecule has 2 amide bonds. The van der Waals surface area contributed by atoms with E-state index in [1.165, 1.54) is 4.90 Å². The first-order valence-electron chi connectivity index (χ1n) is 10.7. The van der Waals surface area contributed by atoms with Crippen LogP contribution in [-0.4, -0.2) is 53.3 Å². The third kappa shape index (κ3) is 6.40. The van der Waals surface area contributed by atoms with E-state index in [2.05, 4.69) is 32.2 Å². The summed E-state index contributed by atoms with van der Waals surface area (Å²) in [4.78, 5) is 27.0. The van der Waals surface area contributed by atoms with Crippen LogP contribution in [-0.2, 0) is 19.7 Å². The summed E-state index contributed by atoms with van der Waals surface area (Å²) < 4.78 is 6.88. The first kappa shape index (κ1) is 24.6. The van der Waals surface area contributed by atoms with Crippen molar-refractivity contribution in [1.82, 2.24) is 14.7 Å². The fourth-order valence-electron chi connectivity index (χ4n) is 3.25. The molecule has 0 spiro atoms. The highest BCUT2D eigenvalue weighted by Gasteiger charge is 2.24. The van der Waals surface area contributed by atoms with Crippen molar-refractivity contribution in [3.8, 4) is 5.69 Å². The maximum atomic E-state index is 12.9. The van der Waals surface area contributed by atoms with Crippen LogP contribution in [0.3, 0.4) is 0 Å². The van der Waals surface area contributed by atoms with E-state index in [4.69, 9.17) is 9.84 Å². The summed E-state index contributed by atoms with van der Waals surface area (Å²) in [6.45, 7) is 14.7. The van der Waals surface area contributed by atoms with Gasteiger partial charge in [-0.15, -0.1) is 0 Å². The van der Waals surface area contributed by atoms with Gasteiger partial charge >= 0.3 is 0 Å². The third-order valence-electron chi connectivity index (χ3n) is 5.03. The summed E-state index contributed by atoms with van der Waals surface area (Å²) in [5.41, 5.74) is 3.83. The molecule has 0 aliphatic heterocycles. The zero-order chi connectivity index (χ0) is 23.3. The van der Waals surface area contributed by atoms with Crippen LogP contribution in [0.5, 0.6) is 0 Å². The highest BCUT2D eigenvalue weighted by Crippen LogP contribution is 2.27. The number of hydrogen-bond donors (Lipinski definition) is 1. The zero-order valence-corrected chi connectivity index (χ0v) is 20.1. The van der Waals surface area contributed by atoms with Crippen LogP contribution < -0.4 is 5.32 Å². The van der Waals surface area contributed by atoms with Gasteiger partial charge in [-0.25, -0.2) is 4.68 Å². The number of carbonyl (C=O) groups excluding carboxylic acids is 2. The molecule has 31 heavy (non-hydrogen) atoms. The standard InChI is InChI=1S/C24H36N4O3/c1-16(2)23(30)27(11-12-31-8)15-22(29)25-21-14-20(24(5,6)7)26-28(21)19-10-9-17(3)13-18(19)4/h9-10,13-14,16H,11-12,15H2,1-8H3,(H,25,29). The zero-order valence-electron chi connectivity index (χ0n) is 20.1. The topological polar surface area (TPSA) is 76.5 Å².